The molecule has 0 atom stereocenters. The van der Waals surface area contributed by atoms with Crippen molar-refractivity contribution in [1.29, 1.82) is 0 Å². The predicted molar refractivity (Wildman–Crippen MR) is 67.5 cm³/mol. The van der Waals surface area contributed by atoms with E-state index < -0.39 is 5.91 Å². The largest absolute Gasteiger partial charge is 0.286 e. The number of nitrogens with zero attached hydrogens (tertiary/aromatic N) is 1. The van der Waals surface area contributed by atoms with Crippen molar-refractivity contribution in [1.82, 2.24) is 5.06 Å². The fraction of sp³-hybridized carbons (Fsp3) is 0.0714. The molecular formula is C14H13NO2. The number of hydrogen-bond acceptors (Lipinski definition) is 2. The molecule has 0 aliphatic carbocycles. The van der Waals surface area contributed by atoms with Gasteiger partial charge < -0.3 is 0 Å². The summed E-state index contributed by atoms with van der Waals surface area (Å²) < 4.78 is 0. The number of fused-ring (bicyclic) bond motifs is 1. The SMILES string of the molecule is CN(O)C(=O)C=Cc1cccc2ccccc12. The summed E-state index contributed by atoms with van der Waals surface area (Å²) in [5.41, 5.74) is 0.957. The van der Waals surface area contributed by atoms with Gasteiger partial charge >= 0.3 is 0 Å². The fourth-order valence-corrected chi connectivity index (χ4v) is 1.66. The Morgan fingerprint density at radius 1 is 1.18 bits per heavy atom. The maximum absolute atomic E-state index is 11.2. The van der Waals surface area contributed by atoms with E-state index in [-0.39, 0.29) is 0 Å². The normalized spacial score (nSPS) is 10.9. The Labute approximate surface area is 99.6 Å². The van der Waals surface area contributed by atoms with Crippen LogP contribution in [0.5, 0.6) is 0 Å². The number of carbonyl (C=O) groups is 1. The number of rotatable bonds is 2. The summed E-state index contributed by atoms with van der Waals surface area (Å²) in [6.45, 7) is 0. The topological polar surface area (TPSA) is 40.5 Å². The van der Waals surface area contributed by atoms with E-state index in [0.29, 0.717) is 5.06 Å². The van der Waals surface area contributed by atoms with Crippen LogP contribution in [0.25, 0.3) is 16.8 Å². The zero-order chi connectivity index (χ0) is 12.3. The van der Waals surface area contributed by atoms with Gasteiger partial charge in [-0.2, -0.15) is 0 Å². The molecule has 0 spiro atoms. The Bertz CT molecular complexity index is 568. The highest BCUT2D eigenvalue weighted by molar-refractivity contribution is 5.96. The Kier molecular flexibility index (Phi) is 3.21. The van der Waals surface area contributed by atoms with Gasteiger partial charge in [0, 0.05) is 13.1 Å². The van der Waals surface area contributed by atoms with E-state index in [9.17, 15) is 4.79 Å². The van der Waals surface area contributed by atoms with E-state index in [4.69, 9.17) is 5.21 Å². The van der Waals surface area contributed by atoms with E-state index in [1.54, 1.807) is 6.08 Å². The predicted octanol–water partition coefficient (Wildman–Crippen LogP) is 2.70. The number of carbonyl (C=O) groups excluding carboxylic acids is 1. The average Bonchev–Trinajstić information content (AvgIpc) is 2.35. The summed E-state index contributed by atoms with van der Waals surface area (Å²) in [6.07, 6.45) is 3.05. The molecule has 2 aromatic rings. The third kappa shape index (κ3) is 2.52. The lowest BCUT2D eigenvalue weighted by atomic mass is 10.0. The van der Waals surface area contributed by atoms with Crippen LogP contribution in [0.15, 0.2) is 48.5 Å². The minimum absolute atomic E-state index is 0.446. The number of amides is 1. The molecule has 17 heavy (non-hydrogen) atoms. The molecule has 1 amide bonds. The van der Waals surface area contributed by atoms with Crippen LogP contribution in [0.2, 0.25) is 0 Å². The summed E-state index contributed by atoms with van der Waals surface area (Å²) in [5, 5.41) is 11.7. The molecular weight excluding hydrogens is 214 g/mol. The van der Waals surface area contributed by atoms with Gasteiger partial charge in [0.2, 0.25) is 0 Å². The van der Waals surface area contributed by atoms with E-state index >= 15 is 0 Å². The van der Waals surface area contributed by atoms with Crippen LogP contribution in [-0.2, 0) is 4.79 Å². The third-order valence-corrected chi connectivity index (χ3v) is 2.55. The van der Waals surface area contributed by atoms with Crippen LogP contribution >= 0.6 is 0 Å². The van der Waals surface area contributed by atoms with E-state index in [0.717, 1.165) is 16.3 Å². The lowest BCUT2D eigenvalue weighted by Crippen LogP contribution is -2.19. The van der Waals surface area contributed by atoms with Crippen molar-refractivity contribution < 1.29 is 10.0 Å². The number of hydroxylamine groups is 2. The van der Waals surface area contributed by atoms with Crippen LogP contribution in [0.1, 0.15) is 5.56 Å². The van der Waals surface area contributed by atoms with Crippen molar-refractivity contribution in [2.24, 2.45) is 0 Å². The lowest BCUT2D eigenvalue weighted by Gasteiger charge is -2.04. The molecule has 2 rings (SSSR count). The second-order valence-corrected chi connectivity index (χ2v) is 3.76. The van der Waals surface area contributed by atoms with Crippen molar-refractivity contribution in [3.8, 4) is 0 Å². The minimum atomic E-state index is -0.446. The molecule has 0 unspecified atom stereocenters. The Morgan fingerprint density at radius 3 is 2.65 bits per heavy atom. The van der Waals surface area contributed by atoms with Gasteiger partial charge in [0.25, 0.3) is 5.91 Å². The van der Waals surface area contributed by atoms with Crippen molar-refractivity contribution >= 4 is 22.8 Å². The molecule has 0 heterocycles. The summed E-state index contributed by atoms with van der Waals surface area (Å²) in [4.78, 5) is 11.2. The molecule has 1 N–H and O–H groups in total. The molecule has 0 aliphatic heterocycles. The van der Waals surface area contributed by atoms with Crippen molar-refractivity contribution in [3.05, 3.63) is 54.1 Å². The van der Waals surface area contributed by atoms with Crippen LogP contribution in [0.3, 0.4) is 0 Å². The highest BCUT2D eigenvalue weighted by Gasteiger charge is 2.00. The first-order valence-electron chi connectivity index (χ1n) is 5.31. The molecule has 0 fully saturated rings. The van der Waals surface area contributed by atoms with Crippen molar-refractivity contribution in [2.75, 3.05) is 7.05 Å². The summed E-state index contributed by atoms with van der Waals surface area (Å²) in [5.74, 6) is -0.446. The maximum Gasteiger partial charge on any atom is 0.269 e. The molecule has 0 bridgehead atoms. The first-order valence-corrected chi connectivity index (χ1v) is 5.31. The van der Waals surface area contributed by atoms with Gasteiger partial charge in [-0.15, -0.1) is 0 Å². The molecule has 0 saturated heterocycles. The zero-order valence-electron chi connectivity index (χ0n) is 9.50. The van der Waals surface area contributed by atoms with Crippen LogP contribution < -0.4 is 0 Å². The molecule has 0 radical (unpaired) electrons. The highest BCUT2D eigenvalue weighted by atomic mass is 16.5. The maximum atomic E-state index is 11.2. The van der Waals surface area contributed by atoms with Gasteiger partial charge in [-0.05, 0) is 22.4 Å². The molecule has 0 aromatic heterocycles. The molecule has 3 nitrogen and oxygen atoms in total. The van der Waals surface area contributed by atoms with Crippen LogP contribution in [0, 0.1) is 0 Å². The van der Waals surface area contributed by atoms with Crippen LogP contribution in [-0.4, -0.2) is 23.2 Å². The third-order valence-electron chi connectivity index (χ3n) is 2.55. The highest BCUT2D eigenvalue weighted by Crippen LogP contribution is 2.19. The molecule has 0 aliphatic rings. The summed E-state index contributed by atoms with van der Waals surface area (Å²) in [7, 11) is 1.30. The molecule has 2 aromatic carbocycles. The average molecular weight is 227 g/mol. The van der Waals surface area contributed by atoms with E-state index in [2.05, 4.69) is 0 Å². The Morgan fingerprint density at radius 2 is 1.88 bits per heavy atom. The van der Waals surface area contributed by atoms with E-state index in [1.165, 1.54) is 13.1 Å². The number of benzene rings is 2. The van der Waals surface area contributed by atoms with Crippen molar-refractivity contribution in [2.45, 2.75) is 0 Å². The summed E-state index contributed by atoms with van der Waals surface area (Å²) in [6, 6.07) is 13.8. The second kappa shape index (κ2) is 4.80. The Hall–Kier alpha value is -2.13. The first kappa shape index (κ1) is 11.4. The van der Waals surface area contributed by atoms with Gasteiger partial charge in [0.05, 0.1) is 0 Å². The standard InChI is InChI=1S/C14H13NO2/c1-15(17)14(16)10-9-12-7-4-6-11-5-2-3-8-13(11)12/h2-10,17H,1H3. The first-order chi connectivity index (χ1) is 8.18. The smallest absolute Gasteiger partial charge is 0.269 e. The molecule has 86 valence electrons. The van der Waals surface area contributed by atoms with E-state index in [1.807, 2.05) is 42.5 Å². The Balaban J connectivity index is 2.39. The van der Waals surface area contributed by atoms with Gasteiger partial charge in [-0.1, -0.05) is 42.5 Å². The van der Waals surface area contributed by atoms with Gasteiger partial charge in [0.15, 0.2) is 0 Å². The quantitative estimate of drug-likeness (QED) is 0.487. The lowest BCUT2D eigenvalue weighted by molar-refractivity contribution is -0.153. The number of hydrogen-bond donors (Lipinski definition) is 1. The van der Waals surface area contributed by atoms with Crippen LogP contribution in [0.4, 0.5) is 0 Å². The monoisotopic (exact) mass is 227 g/mol. The minimum Gasteiger partial charge on any atom is -0.286 e. The second-order valence-electron chi connectivity index (χ2n) is 3.76. The van der Waals surface area contributed by atoms with Gasteiger partial charge in [-0.3, -0.25) is 10.0 Å². The number of likely N-dealkylation sites (N-methyl/N-ethyl adjacent to an activating group) is 1. The fourth-order valence-electron chi connectivity index (χ4n) is 1.66. The van der Waals surface area contributed by atoms with Gasteiger partial charge in [-0.25, -0.2) is 5.06 Å². The zero-order valence-corrected chi connectivity index (χ0v) is 9.50. The van der Waals surface area contributed by atoms with Crippen molar-refractivity contribution in [3.63, 3.8) is 0 Å². The van der Waals surface area contributed by atoms with Gasteiger partial charge in [0.1, 0.15) is 0 Å². The molecule has 3 heteroatoms. The molecule has 0 saturated carbocycles. The summed E-state index contributed by atoms with van der Waals surface area (Å²) >= 11 is 0.